The lowest BCUT2D eigenvalue weighted by Crippen LogP contribution is -2.39. The van der Waals surface area contributed by atoms with Crippen LogP contribution in [-0.4, -0.2) is 35.8 Å². The highest BCUT2D eigenvalue weighted by Crippen LogP contribution is 2.19. The summed E-state index contributed by atoms with van der Waals surface area (Å²) in [4.78, 5) is 9.70. The van der Waals surface area contributed by atoms with Crippen molar-refractivity contribution in [1.29, 1.82) is 0 Å². The lowest BCUT2D eigenvalue weighted by atomic mass is 10.1. The molecule has 2 rings (SSSR count). The number of ether oxygens (including phenoxy) is 1. The van der Waals surface area contributed by atoms with Crippen LogP contribution in [0.15, 0.2) is 35.5 Å². The first kappa shape index (κ1) is 20.1. The van der Waals surface area contributed by atoms with Crippen molar-refractivity contribution >= 4 is 17.3 Å². The summed E-state index contributed by atoms with van der Waals surface area (Å²) >= 11 is 1.59. The van der Waals surface area contributed by atoms with E-state index in [-0.39, 0.29) is 12.3 Å². The van der Waals surface area contributed by atoms with E-state index >= 15 is 0 Å². The van der Waals surface area contributed by atoms with Crippen LogP contribution in [-0.2, 0) is 6.54 Å². The molecular formula is C17H22F2N4O2S. The number of aryl methyl sites for hydroxylation is 1. The first-order valence-electron chi connectivity index (χ1n) is 8.14. The summed E-state index contributed by atoms with van der Waals surface area (Å²) in [7, 11) is 0. The number of nitrogens with zero attached hydrogens (tertiary/aromatic N) is 2. The molecule has 6 nitrogen and oxygen atoms in total. The summed E-state index contributed by atoms with van der Waals surface area (Å²) in [5.41, 5.74) is 0.591. The molecule has 0 aliphatic rings. The highest BCUT2D eigenvalue weighted by Gasteiger charge is 2.10. The third-order valence-electron chi connectivity index (χ3n) is 3.36. The number of aliphatic hydroxyl groups is 1. The van der Waals surface area contributed by atoms with Crippen LogP contribution < -0.4 is 15.4 Å². The zero-order valence-corrected chi connectivity index (χ0v) is 15.4. The molecule has 0 saturated heterocycles. The Bertz CT molecular complexity index is 707. The SMILES string of the molecule is CCNC(=NCc1cnc(C)s1)NCC(O)c1ccc(OC(F)F)cc1. The Balaban J connectivity index is 1.90. The van der Waals surface area contributed by atoms with E-state index in [0.29, 0.717) is 24.6 Å². The van der Waals surface area contributed by atoms with E-state index in [1.807, 2.05) is 13.8 Å². The fourth-order valence-electron chi connectivity index (χ4n) is 2.16. The summed E-state index contributed by atoms with van der Waals surface area (Å²) in [6, 6.07) is 5.90. The maximum absolute atomic E-state index is 12.2. The fourth-order valence-corrected chi connectivity index (χ4v) is 2.88. The molecule has 0 spiro atoms. The molecule has 1 unspecified atom stereocenters. The molecule has 0 amide bonds. The van der Waals surface area contributed by atoms with Gasteiger partial charge in [0.2, 0.25) is 0 Å². The lowest BCUT2D eigenvalue weighted by Gasteiger charge is -2.16. The zero-order valence-electron chi connectivity index (χ0n) is 14.6. The molecule has 3 N–H and O–H groups in total. The molecule has 0 bridgehead atoms. The van der Waals surface area contributed by atoms with Gasteiger partial charge in [-0.2, -0.15) is 8.78 Å². The third-order valence-corrected chi connectivity index (χ3v) is 4.26. The van der Waals surface area contributed by atoms with Crippen LogP contribution in [0.2, 0.25) is 0 Å². The predicted octanol–water partition coefficient (Wildman–Crippen LogP) is 2.84. The number of hydrogen-bond acceptors (Lipinski definition) is 5. The Morgan fingerprint density at radius 3 is 2.62 bits per heavy atom. The van der Waals surface area contributed by atoms with Crippen LogP contribution in [0.5, 0.6) is 5.75 Å². The van der Waals surface area contributed by atoms with Crippen molar-refractivity contribution in [3.05, 3.63) is 45.9 Å². The van der Waals surface area contributed by atoms with Crippen molar-refractivity contribution in [3.63, 3.8) is 0 Å². The summed E-state index contributed by atoms with van der Waals surface area (Å²) in [5, 5.41) is 17.4. The molecule has 1 aromatic heterocycles. The number of hydrogen-bond donors (Lipinski definition) is 3. The number of thiazole rings is 1. The van der Waals surface area contributed by atoms with Crippen molar-refractivity contribution in [2.24, 2.45) is 4.99 Å². The zero-order chi connectivity index (χ0) is 18.9. The quantitative estimate of drug-likeness (QED) is 0.482. The number of nitrogens with one attached hydrogen (secondary N) is 2. The van der Waals surface area contributed by atoms with E-state index in [1.165, 1.54) is 12.1 Å². The minimum atomic E-state index is -2.87. The van der Waals surface area contributed by atoms with Crippen molar-refractivity contribution in [2.45, 2.75) is 33.1 Å². The van der Waals surface area contributed by atoms with E-state index < -0.39 is 12.7 Å². The van der Waals surface area contributed by atoms with Gasteiger partial charge < -0.3 is 20.5 Å². The van der Waals surface area contributed by atoms with Gasteiger partial charge in [-0.3, -0.25) is 0 Å². The number of guanidine groups is 1. The smallest absolute Gasteiger partial charge is 0.387 e. The average Bonchev–Trinajstić information content (AvgIpc) is 3.02. The molecule has 0 aliphatic heterocycles. The normalized spacial score (nSPS) is 12.9. The van der Waals surface area contributed by atoms with Crippen molar-refractivity contribution < 1.29 is 18.6 Å². The molecule has 142 valence electrons. The molecule has 0 fully saturated rings. The number of rotatable bonds is 8. The van der Waals surface area contributed by atoms with Gasteiger partial charge in [-0.1, -0.05) is 12.1 Å². The Labute approximate surface area is 155 Å². The molecule has 1 heterocycles. The van der Waals surface area contributed by atoms with Crippen molar-refractivity contribution in [3.8, 4) is 5.75 Å². The van der Waals surface area contributed by atoms with Gasteiger partial charge in [-0.05, 0) is 31.5 Å². The van der Waals surface area contributed by atoms with E-state index in [9.17, 15) is 13.9 Å². The first-order valence-corrected chi connectivity index (χ1v) is 8.96. The number of aromatic nitrogens is 1. The molecule has 0 radical (unpaired) electrons. The topological polar surface area (TPSA) is 78.8 Å². The Morgan fingerprint density at radius 2 is 2.04 bits per heavy atom. The van der Waals surface area contributed by atoms with Gasteiger partial charge in [-0.15, -0.1) is 11.3 Å². The first-order chi connectivity index (χ1) is 12.5. The second-order valence-electron chi connectivity index (χ2n) is 5.38. The third kappa shape index (κ3) is 6.57. The van der Waals surface area contributed by atoms with Gasteiger partial charge in [0.05, 0.1) is 17.7 Å². The number of alkyl halides is 2. The highest BCUT2D eigenvalue weighted by atomic mass is 32.1. The second-order valence-corrected chi connectivity index (χ2v) is 6.70. The maximum atomic E-state index is 12.2. The Kier molecular flexibility index (Phi) is 7.73. The van der Waals surface area contributed by atoms with Gasteiger partial charge in [0.25, 0.3) is 0 Å². The largest absolute Gasteiger partial charge is 0.435 e. The minimum Gasteiger partial charge on any atom is -0.435 e. The predicted molar refractivity (Wildman–Crippen MR) is 97.7 cm³/mol. The maximum Gasteiger partial charge on any atom is 0.387 e. The molecule has 1 aromatic carbocycles. The Morgan fingerprint density at radius 1 is 1.31 bits per heavy atom. The van der Waals surface area contributed by atoms with Crippen LogP contribution in [0.4, 0.5) is 8.78 Å². The lowest BCUT2D eigenvalue weighted by molar-refractivity contribution is -0.0498. The number of aliphatic imine (C=N–C) groups is 1. The van der Waals surface area contributed by atoms with Crippen LogP contribution in [0.3, 0.4) is 0 Å². The number of benzene rings is 1. The van der Waals surface area contributed by atoms with Gasteiger partial charge in [0.1, 0.15) is 5.75 Å². The van der Waals surface area contributed by atoms with Crippen LogP contribution in [0.25, 0.3) is 0 Å². The minimum absolute atomic E-state index is 0.0543. The van der Waals surface area contributed by atoms with E-state index in [1.54, 1.807) is 29.7 Å². The van der Waals surface area contributed by atoms with E-state index in [0.717, 1.165) is 9.88 Å². The summed E-state index contributed by atoms with van der Waals surface area (Å²) in [6.07, 6.45) is 0.982. The molecule has 1 atom stereocenters. The molecule has 0 aliphatic carbocycles. The molecular weight excluding hydrogens is 362 g/mol. The second kappa shape index (κ2) is 10.0. The van der Waals surface area contributed by atoms with E-state index in [2.05, 4.69) is 25.3 Å². The van der Waals surface area contributed by atoms with Gasteiger partial charge in [-0.25, -0.2) is 9.98 Å². The van der Waals surface area contributed by atoms with Gasteiger partial charge >= 0.3 is 6.61 Å². The molecule has 26 heavy (non-hydrogen) atoms. The average molecular weight is 384 g/mol. The molecule has 9 heteroatoms. The number of aliphatic hydroxyl groups excluding tert-OH is 1. The molecule has 0 saturated carbocycles. The van der Waals surface area contributed by atoms with Crippen LogP contribution in [0.1, 0.15) is 28.5 Å². The summed E-state index contributed by atoms with van der Waals surface area (Å²) in [6.45, 7) is 2.43. The highest BCUT2D eigenvalue weighted by molar-refractivity contribution is 7.11. The molecule has 2 aromatic rings. The van der Waals surface area contributed by atoms with Crippen LogP contribution >= 0.6 is 11.3 Å². The summed E-state index contributed by atoms with van der Waals surface area (Å²) < 4.78 is 28.6. The van der Waals surface area contributed by atoms with Crippen molar-refractivity contribution in [2.75, 3.05) is 13.1 Å². The van der Waals surface area contributed by atoms with E-state index in [4.69, 9.17) is 0 Å². The van der Waals surface area contributed by atoms with Crippen molar-refractivity contribution in [1.82, 2.24) is 15.6 Å². The number of halogens is 2. The standard InChI is InChI=1S/C17H22F2N4O2S/c1-3-20-17(22-9-14-8-21-11(2)26-14)23-10-15(24)12-4-6-13(7-5-12)25-16(18)19/h4-8,15-16,24H,3,9-10H2,1-2H3,(H2,20,22,23). The van der Waals surface area contributed by atoms with Crippen LogP contribution in [0, 0.1) is 6.92 Å². The Hall–Kier alpha value is -2.26. The van der Waals surface area contributed by atoms with Gasteiger partial charge in [0, 0.05) is 24.2 Å². The monoisotopic (exact) mass is 384 g/mol. The fraction of sp³-hybridized carbons (Fsp3) is 0.412. The van der Waals surface area contributed by atoms with Gasteiger partial charge in [0.15, 0.2) is 5.96 Å². The summed E-state index contributed by atoms with van der Waals surface area (Å²) in [5.74, 6) is 0.633.